The van der Waals surface area contributed by atoms with Gasteiger partial charge in [0.05, 0.1) is 73.0 Å². The Hall–Kier alpha value is -6.59. The van der Waals surface area contributed by atoms with E-state index in [1.807, 2.05) is 18.2 Å². The van der Waals surface area contributed by atoms with E-state index in [-0.39, 0.29) is 45.0 Å². The fraction of sp³-hybridized carbons (Fsp3) is 0.298. The lowest BCUT2D eigenvalue weighted by atomic mass is 9.66. The minimum absolute atomic E-state index is 0.0326. The Morgan fingerprint density at radius 3 is 2.18 bits per heavy atom. The Morgan fingerprint density at radius 1 is 0.758 bits per heavy atom. The van der Waals surface area contributed by atoms with Crippen LogP contribution in [-0.2, 0) is 10.8 Å². The van der Waals surface area contributed by atoms with Gasteiger partial charge in [-0.05, 0) is 107 Å². The van der Waals surface area contributed by atoms with Crippen molar-refractivity contribution in [2.24, 2.45) is 10.8 Å². The van der Waals surface area contributed by atoms with Gasteiger partial charge in [-0.25, -0.2) is 27.9 Å². The summed E-state index contributed by atoms with van der Waals surface area (Å²) in [5, 5.41) is 28.5. The number of nitriles is 1. The molecule has 2 fully saturated rings. The quantitative estimate of drug-likeness (QED) is 0.166. The van der Waals surface area contributed by atoms with E-state index in [1.165, 1.54) is 30.5 Å². The number of pyridine rings is 1. The molecule has 2 saturated carbocycles. The highest BCUT2D eigenvalue weighted by Gasteiger charge is 2.69. The third kappa shape index (κ3) is 4.82. The third-order valence-corrected chi connectivity index (χ3v) is 15.4. The standard InChI is InChI=1S/C47H36ClF3N10O/c1-44(2)27-13-14-46(44,35-10-5-7-22(18-52)55-35)41-24(27)15-32(59-60-41)38-30(51)12-11-23(40(38)48)26-17-47(36-21-53-19-33(56-36)34-20-54-43(62)57-34)42-25(39(26)45(47,3)4)16-31(58-61-42)37-28(49)8-6-9-29(37)50/h5-12,15-16,19-21,26-27,39H,13-14,17H2,1-4H3,(H2,54,57,62)/t26?,27-,39+,46-,47-/m0/s1. The van der Waals surface area contributed by atoms with E-state index in [1.54, 1.807) is 30.6 Å². The topological polar surface area (TPSA) is 163 Å². The average molecular weight is 849 g/mol. The van der Waals surface area contributed by atoms with Crippen LogP contribution >= 0.6 is 11.6 Å². The first kappa shape index (κ1) is 38.3. The van der Waals surface area contributed by atoms with Gasteiger partial charge in [-0.1, -0.05) is 57.5 Å². The molecule has 2 N–H and O–H groups in total. The van der Waals surface area contributed by atoms with Gasteiger partial charge in [-0.15, -0.1) is 5.10 Å². The number of aromatic nitrogens is 9. The molecule has 11 rings (SSSR count). The van der Waals surface area contributed by atoms with E-state index < -0.39 is 39.4 Å². The van der Waals surface area contributed by atoms with Gasteiger partial charge >= 0.3 is 5.69 Å². The molecule has 0 spiro atoms. The summed E-state index contributed by atoms with van der Waals surface area (Å²) >= 11 is 7.46. The van der Waals surface area contributed by atoms with Crippen LogP contribution in [0.4, 0.5) is 13.2 Å². The number of nitrogens with zero attached hydrogens (tertiary/aromatic N) is 8. The highest BCUT2D eigenvalue weighted by Crippen LogP contribution is 2.74. The normalized spacial score (nSPS) is 24.5. The van der Waals surface area contributed by atoms with Crippen LogP contribution < -0.4 is 5.69 Å². The average Bonchev–Trinajstić information content (AvgIpc) is 3.98. The van der Waals surface area contributed by atoms with E-state index in [9.17, 15) is 10.1 Å². The van der Waals surface area contributed by atoms with Crippen molar-refractivity contribution in [1.82, 2.24) is 45.3 Å². The SMILES string of the molecule is CC1(C)[C@@H]2c3cc(-c4c(F)cccc4F)nnc3[C@@]1(c1cncc(-c3c[nH]c(=O)[nH]3)n1)CC2c1ccc(F)c(-c2cc3c(nn2)[C@@]2(c4cccc(C#N)n4)CC[C@@H]3C2(C)C)c1Cl. The highest BCUT2D eigenvalue weighted by molar-refractivity contribution is 6.34. The molecule has 0 radical (unpaired) electrons. The first-order valence-electron chi connectivity index (χ1n) is 20.4. The fourth-order valence-electron chi connectivity index (χ4n) is 12.2. The molecule has 4 aliphatic rings. The molecular formula is C47H36ClF3N10O. The van der Waals surface area contributed by atoms with Crippen molar-refractivity contribution in [3.8, 4) is 40.0 Å². The largest absolute Gasteiger partial charge is 0.323 e. The zero-order chi connectivity index (χ0) is 43.1. The molecule has 2 aromatic carbocycles. The number of hydrogen-bond donors (Lipinski definition) is 2. The third-order valence-electron chi connectivity index (χ3n) is 15.0. The molecule has 11 nitrogen and oxygen atoms in total. The van der Waals surface area contributed by atoms with Crippen LogP contribution in [0.3, 0.4) is 0 Å². The van der Waals surface area contributed by atoms with E-state index in [2.05, 4.69) is 58.9 Å². The first-order chi connectivity index (χ1) is 29.7. The molecule has 0 saturated heterocycles. The zero-order valence-corrected chi connectivity index (χ0v) is 34.6. The van der Waals surface area contributed by atoms with Gasteiger partial charge in [0, 0.05) is 12.4 Å². The summed E-state index contributed by atoms with van der Waals surface area (Å²) < 4.78 is 47.0. The summed E-state index contributed by atoms with van der Waals surface area (Å²) in [6.07, 6.45) is 6.78. The van der Waals surface area contributed by atoms with E-state index >= 15 is 13.2 Å². The van der Waals surface area contributed by atoms with Crippen molar-refractivity contribution in [2.45, 2.75) is 75.5 Å². The number of aromatic amines is 2. The minimum atomic E-state index is -0.974. The van der Waals surface area contributed by atoms with Crippen molar-refractivity contribution in [2.75, 3.05) is 0 Å². The molecule has 0 aliphatic heterocycles. The van der Waals surface area contributed by atoms with Crippen LogP contribution in [0.2, 0.25) is 5.02 Å². The van der Waals surface area contributed by atoms with Crippen LogP contribution in [0.5, 0.6) is 0 Å². The monoisotopic (exact) mass is 848 g/mol. The molecule has 5 heterocycles. The van der Waals surface area contributed by atoms with Gasteiger partial charge in [0.15, 0.2) is 0 Å². The predicted molar refractivity (Wildman–Crippen MR) is 222 cm³/mol. The molecule has 0 amide bonds. The Morgan fingerprint density at radius 2 is 1.45 bits per heavy atom. The van der Waals surface area contributed by atoms with E-state index in [0.717, 1.165) is 29.8 Å². The molecule has 5 aromatic heterocycles. The predicted octanol–water partition coefficient (Wildman–Crippen LogP) is 9.21. The number of benzene rings is 2. The van der Waals surface area contributed by atoms with Crippen LogP contribution in [0.15, 0.2) is 84.0 Å². The Labute approximate surface area is 357 Å². The van der Waals surface area contributed by atoms with Crippen LogP contribution in [-0.4, -0.2) is 45.3 Å². The number of imidazole rings is 1. The number of H-pyrrole nitrogens is 2. The molecule has 15 heteroatoms. The Balaban J connectivity index is 1.07. The first-order valence-corrected chi connectivity index (χ1v) is 20.8. The van der Waals surface area contributed by atoms with Crippen LogP contribution in [0, 0.1) is 39.6 Å². The maximum absolute atomic E-state index is 16.4. The lowest BCUT2D eigenvalue weighted by molar-refractivity contribution is 0.241. The van der Waals surface area contributed by atoms with Gasteiger partial charge in [0.25, 0.3) is 0 Å². The van der Waals surface area contributed by atoms with Gasteiger partial charge in [0.2, 0.25) is 0 Å². The summed E-state index contributed by atoms with van der Waals surface area (Å²) in [5.41, 5.74) is 3.36. The van der Waals surface area contributed by atoms with E-state index in [4.69, 9.17) is 31.8 Å². The fourth-order valence-corrected chi connectivity index (χ4v) is 12.6. The highest BCUT2D eigenvalue weighted by atomic mass is 35.5. The lowest BCUT2D eigenvalue weighted by Crippen LogP contribution is -2.38. The summed E-state index contributed by atoms with van der Waals surface area (Å²) in [5.74, 6) is -2.81. The molecule has 7 aromatic rings. The molecular weight excluding hydrogens is 813 g/mol. The second-order valence-electron chi connectivity index (χ2n) is 18.1. The number of rotatable bonds is 6. The van der Waals surface area contributed by atoms with Crippen molar-refractivity contribution >= 4 is 11.6 Å². The summed E-state index contributed by atoms with van der Waals surface area (Å²) in [6, 6.07) is 18.0. The van der Waals surface area contributed by atoms with Gasteiger partial charge < -0.3 is 9.97 Å². The van der Waals surface area contributed by atoms with E-state index in [0.29, 0.717) is 51.7 Å². The molecule has 62 heavy (non-hydrogen) atoms. The minimum Gasteiger partial charge on any atom is -0.312 e. The zero-order valence-electron chi connectivity index (χ0n) is 33.9. The molecule has 4 aliphatic carbocycles. The van der Waals surface area contributed by atoms with Crippen molar-refractivity contribution < 1.29 is 13.2 Å². The molecule has 5 atom stereocenters. The lowest BCUT2D eigenvalue weighted by Gasteiger charge is -2.37. The van der Waals surface area contributed by atoms with Gasteiger partial charge in [-0.3, -0.25) is 4.98 Å². The second-order valence-corrected chi connectivity index (χ2v) is 18.5. The van der Waals surface area contributed by atoms with Crippen LogP contribution in [0.25, 0.3) is 33.9 Å². The summed E-state index contributed by atoms with van der Waals surface area (Å²) in [6.45, 7) is 8.57. The smallest absolute Gasteiger partial charge is 0.312 e. The molecule has 1 unspecified atom stereocenters. The van der Waals surface area contributed by atoms with Gasteiger partial charge in [-0.2, -0.15) is 20.6 Å². The Kier molecular flexibility index (Phi) is 8.02. The Bertz CT molecular complexity index is 3160. The maximum Gasteiger partial charge on any atom is 0.323 e. The van der Waals surface area contributed by atoms with Crippen LogP contribution in [0.1, 0.15) is 110 Å². The van der Waals surface area contributed by atoms with Crippen molar-refractivity contribution in [3.05, 3.63) is 157 Å². The van der Waals surface area contributed by atoms with Crippen molar-refractivity contribution in [3.63, 3.8) is 0 Å². The maximum atomic E-state index is 16.4. The van der Waals surface area contributed by atoms with Gasteiger partial charge in [0.1, 0.15) is 34.9 Å². The van der Waals surface area contributed by atoms with Crippen molar-refractivity contribution in [1.29, 1.82) is 5.26 Å². The number of hydrogen-bond acceptors (Lipinski definition) is 9. The molecule has 308 valence electrons. The number of halogens is 4. The summed E-state index contributed by atoms with van der Waals surface area (Å²) in [4.78, 5) is 31.9. The second kappa shape index (κ2) is 13.0. The summed E-state index contributed by atoms with van der Waals surface area (Å²) in [7, 11) is 0. The number of fused-ring (bicyclic) bond motifs is 10. The number of nitrogens with one attached hydrogen (secondary N) is 2. The molecule has 4 bridgehead atoms.